The number of anilines is 1. The van der Waals surface area contributed by atoms with Gasteiger partial charge in [-0.1, -0.05) is 0 Å². The van der Waals surface area contributed by atoms with E-state index in [4.69, 9.17) is 4.74 Å². The minimum absolute atomic E-state index is 0.0307. The summed E-state index contributed by atoms with van der Waals surface area (Å²) >= 11 is 0. The molecule has 1 aromatic carbocycles. The van der Waals surface area contributed by atoms with Crippen molar-refractivity contribution in [2.45, 2.75) is 23.3 Å². The molecule has 3 aromatic rings. The summed E-state index contributed by atoms with van der Waals surface area (Å²) in [4.78, 5) is 4.26. The fourth-order valence-corrected chi connectivity index (χ4v) is 4.09. The number of methoxy groups -OCH3 is 1. The molecule has 0 saturated carbocycles. The Morgan fingerprint density at radius 2 is 1.96 bits per heavy atom. The van der Waals surface area contributed by atoms with Crippen LogP contribution in [0.3, 0.4) is 0 Å². The normalized spacial score (nSPS) is 11.8. The summed E-state index contributed by atoms with van der Waals surface area (Å²) < 4.78 is 45.9. The molecule has 2 aromatic heterocycles. The predicted molar refractivity (Wildman–Crippen MR) is 89.8 cm³/mol. The first-order valence-corrected chi connectivity index (χ1v) is 8.93. The highest BCUT2D eigenvalue weighted by atomic mass is 32.2. The Bertz CT molecular complexity index is 1030. The average Bonchev–Trinajstić information content (AvgIpc) is 2.94. The summed E-state index contributed by atoms with van der Waals surface area (Å²) in [7, 11) is -0.826. The topological polar surface area (TPSA) is 85.6 Å². The second kappa shape index (κ2) is 6.41. The van der Waals surface area contributed by atoms with E-state index in [1.807, 2.05) is 0 Å². The van der Waals surface area contributed by atoms with Crippen LogP contribution >= 0.6 is 0 Å². The van der Waals surface area contributed by atoms with Crippen molar-refractivity contribution in [2.75, 3.05) is 19.5 Å². The second-order valence-corrected chi connectivity index (χ2v) is 7.33. The van der Waals surface area contributed by atoms with Crippen LogP contribution < -0.4 is 5.32 Å². The Kier molecular flexibility index (Phi) is 4.44. The van der Waals surface area contributed by atoms with E-state index in [1.54, 1.807) is 27.1 Å². The molecule has 25 heavy (non-hydrogen) atoms. The third-order valence-corrected chi connectivity index (χ3v) is 5.48. The molecule has 0 aliphatic heterocycles. The lowest BCUT2D eigenvalue weighted by Crippen LogP contribution is -2.07. The maximum absolute atomic E-state index is 13.2. The highest BCUT2D eigenvalue weighted by molar-refractivity contribution is 7.91. The third-order valence-electron chi connectivity index (χ3n) is 3.67. The van der Waals surface area contributed by atoms with Gasteiger partial charge in [-0.2, -0.15) is 0 Å². The molecule has 132 valence electrons. The van der Waals surface area contributed by atoms with E-state index in [1.165, 1.54) is 16.6 Å². The van der Waals surface area contributed by atoms with Crippen LogP contribution in [0.1, 0.15) is 11.4 Å². The first-order chi connectivity index (χ1) is 11.9. The van der Waals surface area contributed by atoms with Gasteiger partial charge in [0.1, 0.15) is 5.82 Å². The molecular formula is C16H17FN4O3S. The Balaban J connectivity index is 2.33. The van der Waals surface area contributed by atoms with Gasteiger partial charge >= 0.3 is 0 Å². The zero-order valence-electron chi connectivity index (χ0n) is 13.9. The van der Waals surface area contributed by atoms with Crippen molar-refractivity contribution in [3.63, 3.8) is 0 Å². The maximum atomic E-state index is 13.2. The van der Waals surface area contributed by atoms with Gasteiger partial charge in [0.15, 0.2) is 16.4 Å². The minimum Gasteiger partial charge on any atom is -0.378 e. The number of nitrogens with one attached hydrogen (secondary N) is 1. The molecule has 0 aliphatic rings. The number of hydrogen-bond acceptors (Lipinski definition) is 6. The van der Waals surface area contributed by atoms with Crippen LogP contribution in [0.15, 0.2) is 40.1 Å². The number of halogens is 1. The number of benzene rings is 1. The zero-order chi connectivity index (χ0) is 18.2. The van der Waals surface area contributed by atoms with Crippen LogP contribution in [0.25, 0.3) is 5.65 Å². The van der Waals surface area contributed by atoms with E-state index in [2.05, 4.69) is 15.4 Å². The average molecular weight is 364 g/mol. The van der Waals surface area contributed by atoms with Crippen molar-refractivity contribution in [1.29, 1.82) is 0 Å². The Labute approximate surface area is 144 Å². The van der Waals surface area contributed by atoms with Crippen molar-refractivity contribution in [2.24, 2.45) is 0 Å². The molecule has 0 bridgehead atoms. The minimum atomic E-state index is -3.95. The van der Waals surface area contributed by atoms with E-state index in [9.17, 15) is 12.8 Å². The van der Waals surface area contributed by atoms with Gasteiger partial charge in [0.25, 0.3) is 0 Å². The van der Waals surface area contributed by atoms with Gasteiger partial charge in [0.05, 0.1) is 17.2 Å². The van der Waals surface area contributed by atoms with Crippen LogP contribution in [-0.2, 0) is 21.2 Å². The molecule has 0 fully saturated rings. The van der Waals surface area contributed by atoms with E-state index in [-0.39, 0.29) is 27.9 Å². The van der Waals surface area contributed by atoms with Crippen molar-refractivity contribution in [1.82, 2.24) is 14.6 Å². The van der Waals surface area contributed by atoms with Crippen molar-refractivity contribution in [3.8, 4) is 0 Å². The smallest absolute Gasteiger partial charge is 0.214 e. The molecule has 0 saturated heterocycles. The fourth-order valence-electron chi connectivity index (χ4n) is 2.59. The summed E-state index contributed by atoms with van der Waals surface area (Å²) in [5.74, 6) is -0.344. The highest BCUT2D eigenvalue weighted by Crippen LogP contribution is 2.31. The third kappa shape index (κ3) is 2.96. The molecule has 0 atom stereocenters. The fraction of sp³-hybridized carbons (Fsp3) is 0.250. The molecule has 9 heteroatoms. The largest absolute Gasteiger partial charge is 0.378 e. The Hall–Kier alpha value is -2.52. The van der Waals surface area contributed by atoms with E-state index >= 15 is 0 Å². The van der Waals surface area contributed by atoms with Crippen molar-refractivity contribution >= 4 is 21.3 Å². The lowest BCUT2D eigenvalue weighted by Gasteiger charge is -2.07. The molecule has 7 nitrogen and oxygen atoms in total. The van der Waals surface area contributed by atoms with Gasteiger partial charge in [-0.3, -0.25) is 0 Å². The molecular weight excluding hydrogens is 347 g/mol. The second-order valence-electron chi connectivity index (χ2n) is 5.44. The summed E-state index contributed by atoms with van der Waals surface area (Å²) in [5.41, 5.74) is 1.50. The predicted octanol–water partition coefficient (Wildman–Crippen LogP) is 2.20. The summed E-state index contributed by atoms with van der Waals surface area (Å²) in [5, 5.41) is 7.11. The lowest BCUT2D eigenvalue weighted by molar-refractivity contribution is 0.179. The molecule has 0 aliphatic carbocycles. The maximum Gasteiger partial charge on any atom is 0.214 e. The molecule has 3 rings (SSSR count). The number of aromatic nitrogens is 3. The Morgan fingerprint density at radius 3 is 2.56 bits per heavy atom. The summed E-state index contributed by atoms with van der Waals surface area (Å²) in [6.07, 6.45) is 0. The zero-order valence-corrected chi connectivity index (χ0v) is 14.8. The van der Waals surface area contributed by atoms with E-state index in [0.29, 0.717) is 11.4 Å². The number of nitrogens with zero attached hydrogens (tertiary/aromatic N) is 3. The first-order valence-electron chi connectivity index (χ1n) is 7.45. The summed E-state index contributed by atoms with van der Waals surface area (Å²) in [6, 6.07) is 6.43. The number of fused-ring (bicyclic) bond motifs is 1. The molecule has 0 unspecified atom stereocenters. The molecule has 0 spiro atoms. The van der Waals surface area contributed by atoms with Crippen LogP contribution in [-0.4, -0.2) is 37.2 Å². The number of aryl methyl sites for hydroxylation is 1. The number of sulfone groups is 1. The quantitative estimate of drug-likeness (QED) is 0.699. The van der Waals surface area contributed by atoms with Gasteiger partial charge in [-0.05, 0) is 37.3 Å². The molecule has 2 heterocycles. The number of hydrogen-bond donors (Lipinski definition) is 1. The number of rotatable bonds is 5. The highest BCUT2D eigenvalue weighted by Gasteiger charge is 2.29. The van der Waals surface area contributed by atoms with Crippen LogP contribution in [0, 0.1) is 12.7 Å². The molecule has 1 N–H and O–H groups in total. The Morgan fingerprint density at radius 1 is 1.28 bits per heavy atom. The number of ether oxygens (including phenoxy) is 1. The molecule has 0 radical (unpaired) electrons. The van der Waals surface area contributed by atoms with E-state index < -0.39 is 15.7 Å². The SMILES string of the molecule is CNc1nn2c(COC)cc(C)nc2c1S(=O)(=O)c1ccc(F)cc1. The van der Waals surface area contributed by atoms with Gasteiger partial charge in [-0.15, -0.1) is 5.10 Å². The summed E-state index contributed by atoms with van der Waals surface area (Å²) in [6.45, 7) is 2.01. The van der Waals surface area contributed by atoms with Crippen molar-refractivity contribution in [3.05, 3.63) is 47.5 Å². The lowest BCUT2D eigenvalue weighted by atomic mass is 10.3. The monoisotopic (exact) mass is 364 g/mol. The van der Waals surface area contributed by atoms with Gasteiger partial charge in [0.2, 0.25) is 9.84 Å². The van der Waals surface area contributed by atoms with E-state index in [0.717, 1.165) is 12.1 Å². The van der Waals surface area contributed by atoms with Crippen molar-refractivity contribution < 1.29 is 17.5 Å². The van der Waals surface area contributed by atoms with Gasteiger partial charge in [0, 0.05) is 19.9 Å². The first kappa shape index (κ1) is 17.3. The van der Waals surface area contributed by atoms with Gasteiger partial charge in [-0.25, -0.2) is 22.3 Å². The van der Waals surface area contributed by atoms with Crippen LogP contribution in [0.2, 0.25) is 0 Å². The molecule has 0 amide bonds. The van der Waals surface area contributed by atoms with Crippen LogP contribution in [0.5, 0.6) is 0 Å². The van der Waals surface area contributed by atoms with Crippen LogP contribution in [0.4, 0.5) is 10.2 Å². The standard InChI is InChI=1S/C16H17FN4O3S/c1-10-8-12(9-24-3)21-16(19-10)14(15(18-2)20-21)25(22,23)13-6-4-11(17)5-7-13/h4-8H,9H2,1-3H3,(H,18,20). The van der Waals surface area contributed by atoms with Gasteiger partial charge < -0.3 is 10.1 Å².